The maximum Gasteiger partial charge on any atom is 0.243 e. The first kappa shape index (κ1) is 15.9. The van der Waals surface area contributed by atoms with Gasteiger partial charge in [0.05, 0.1) is 16.5 Å². The zero-order valence-corrected chi connectivity index (χ0v) is 12.0. The predicted molar refractivity (Wildman–Crippen MR) is 74.3 cm³/mol. The van der Waals surface area contributed by atoms with Crippen molar-refractivity contribution in [3.05, 3.63) is 29.8 Å². The van der Waals surface area contributed by atoms with Gasteiger partial charge in [-0.1, -0.05) is 6.07 Å². The van der Waals surface area contributed by atoms with Gasteiger partial charge in [0.15, 0.2) is 0 Å². The molecule has 1 unspecified atom stereocenters. The highest BCUT2D eigenvalue weighted by Crippen LogP contribution is 2.24. The van der Waals surface area contributed by atoms with Crippen LogP contribution in [0.4, 0.5) is 0 Å². The van der Waals surface area contributed by atoms with Crippen LogP contribution in [0, 0.1) is 17.2 Å². The van der Waals surface area contributed by atoms with Gasteiger partial charge < -0.3 is 5.73 Å². The number of hydrogen-bond acceptors (Lipinski definition) is 4. The number of benzene rings is 1. The van der Waals surface area contributed by atoms with E-state index in [1.807, 2.05) is 6.07 Å². The average molecular weight is 302 g/mol. The summed E-state index contributed by atoms with van der Waals surface area (Å²) in [4.78, 5) is 0.180. The lowest BCUT2D eigenvalue weighted by atomic mass is 10.1. The van der Waals surface area contributed by atoms with Crippen LogP contribution in [-0.4, -0.2) is 32.4 Å². The Morgan fingerprint density at radius 2 is 2.21 bits per heavy atom. The van der Waals surface area contributed by atoms with Crippen LogP contribution in [0.2, 0.25) is 0 Å². The summed E-state index contributed by atoms with van der Waals surface area (Å²) in [5, 5.41) is 8.80. The third-order valence-corrected chi connectivity index (χ3v) is 5.04. The Kier molecular flexibility index (Phi) is 5.32. The van der Waals surface area contributed by atoms with E-state index < -0.39 is 10.0 Å². The molecule has 1 atom stereocenters. The van der Waals surface area contributed by atoms with Crippen molar-refractivity contribution in [1.29, 1.82) is 5.26 Å². The molecule has 0 amide bonds. The minimum atomic E-state index is -3.49. The highest BCUT2D eigenvalue weighted by atomic mass is 35.5. The molecule has 2 N–H and O–H groups in total. The Morgan fingerprint density at radius 3 is 2.79 bits per heavy atom. The first-order valence-electron chi connectivity index (χ1n) is 5.78. The zero-order valence-electron chi connectivity index (χ0n) is 10.3. The molecule has 0 aromatic heterocycles. The SMILES string of the molecule is Cl.N#Cc1cccc(S(=O)(=O)N2CCC(CN)C2)c1. The van der Waals surface area contributed by atoms with Crippen molar-refractivity contribution >= 4 is 22.4 Å². The van der Waals surface area contributed by atoms with E-state index in [0.717, 1.165) is 6.42 Å². The van der Waals surface area contributed by atoms with Crippen molar-refractivity contribution in [1.82, 2.24) is 4.31 Å². The van der Waals surface area contributed by atoms with Gasteiger partial charge in [0.25, 0.3) is 0 Å². The summed E-state index contributed by atoms with van der Waals surface area (Å²) in [6, 6.07) is 8.05. The van der Waals surface area contributed by atoms with Crippen LogP contribution >= 0.6 is 12.4 Å². The largest absolute Gasteiger partial charge is 0.330 e. The number of halogens is 1. The summed E-state index contributed by atoms with van der Waals surface area (Å²) < 4.78 is 26.1. The molecule has 1 fully saturated rings. The second kappa shape index (κ2) is 6.35. The summed E-state index contributed by atoms with van der Waals surface area (Å²) in [6.45, 7) is 1.47. The molecule has 1 saturated heterocycles. The fourth-order valence-electron chi connectivity index (χ4n) is 2.08. The number of rotatable bonds is 3. The fraction of sp³-hybridized carbons (Fsp3) is 0.417. The van der Waals surface area contributed by atoms with E-state index in [2.05, 4.69) is 0 Å². The van der Waals surface area contributed by atoms with E-state index >= 15 is 0 Å². The van der Waals surface area contributed by atoms with Crippen molar-refractivity contribution in [3.8, 4) is 6.07 Å². The first-order chi connectivity index (χ1) is 8.57. The topological polar surface area (TPSA) is 87.2 Å². The predicted octanol–water partition coefficient (Wildman–Crippen LogP) is 0.949. The minimum Gasteiger partial charge on any atom is -0.330 e. The van der Waals surface area contributed by atoms with Gasteiger partial charge in [-0.25, -0.2) is 8.42 Å². The minimum absolute atomic E-state index is 0. The van der Waals surface area contributed by atoms with Gasteiger partial charge in [0.2, 0.25) is 10.0 Å². The number of sulfonamides is 1. The summed E-state index contributed by atoms with van der Waals surface area (Å²) in [6.07, 6.45) is 0.799. The zero-order chi connectivity index (χ0) is 13.2. The average Bonchev–Trinajstić information content (AvgIpc) is 2.88. The Hall–Kier alpha value is -1.13. The van der Waals surface area contributed by atoms with E-state index in [1.54, 1.807) is 12.1 Å². The summed E-state index contributed by atoms with van der Waals surface area (Å²) in [5.74, 6) is 0.235. The lowest BCUT2D eigenvalue weighted by Gasteiger charge is -2.16. The molecule has 104 valence electrons. The molecule has 1 aromatic carbocycles. The molecule has 0 radical (unpaired) electrons. The highest BCUT2D eigenvalue weighted by molar-refractivity contribution is 7.89. The maximum atomic E-state index is 12.3. The molecule has 7 heteroatoms. The van der Waals surface area contributed by atoms with Crippen molar-refractivity contribution < 1.29 is 8.42 Å². The van der Waals surface area contributed by atoms with Gasteiger partial charge in [-0.15, -0.1) is 12.4 Å². The van der Waals surface area contributed by atoms with Crippen LogP contribution in [-0.2, 0) is 10.0 Å². The molecular weight excluding hydrogens is 286 g/mol. The molecule has 1 aliphatic rings. The Labute approximate surface area is 119 Å². The highest BCUT2D eigenvalue weighted by Gasteiger charge is 2.31. The quantitative estimate of drug-likeness (QED) is 0.900. The second-order valence-electron chi connectivity index (χ2n) is 4.39. The summed E-state index contributed by atoms with van der Waals surface area (Å²) >= 11 is 0. The van der Waals surface area contributed by atoms with Crippen LogP contribution in [0.15, 0.2) is 29.2 Å². The molecule has 1 aromatic rings. The molecule has 1 aliphatic heterocycles. The molecule has 2 rings (SSSR count). The first-order valence-corrected chi connectivity index (χ1v) is 7.22. The Bertz CT molecular complexity index is 583. The van der Waals surface area contributed by atoms with Gasteiger partial charge in [0, 0.05) is 13.1 Å². The van der Waals surface area contributed by atoms with E-state index in [9.17, 15) is 8.42 Å². The normalized spacial score (nSPS) is 19.7. The third-order valence-electron chi connectivity index (χ3n) is 3.18. The second-order valence-corrected chi connectivity index (χ2v) is 6.33. The lowest BCUT2D eigenvalue weighted by Crippen LogP contribution is -2.30. The monoisotopic (exact) mass is 301 g/mol. The fourth-order valence-corrected chi connectivity index (χ4v) is 3.66. The molecule has 5 nitrogen and oxygen atoms in total. The van der Waals surface area contributed by atoms with E-state index in [-0.39, 0.29) is 23.2 Å². The Morgan fingerprint density at radius 1 is 1.47 bits per heavy atom. The van der Waals surface area contributed by atoms with E-state index in [1.165, 1.54) is 16.4 Å². The molecule has 0 aliphatic carbocycles. The van der Waals surface area contributed by atoms with Gasteiger partial charge in [0.1, 0.15) is 0 Å². The number of nitriles is 1. The molecular formula is C12H16ClN3O2S. The van der Waals surface area contributed by atoms with Crippen LogP contribution < -0.4 is 5.73 Å². The number of nitrogens with two attached hydrogens (primary N) is 1. The molecule has 19 heavy (non-hydrogen) atoms. The van der Waals surface area contributed by atoms with E-state index in [0.29, 0.717) is 25.2 Å². The van der Waals surface area contributed by atoms with E-state index in [4.69, 9.17) is 11.0 Å². The lowest BCUT2D eigenvalue weighted by molar-refractivity contribution is 0.459. The van der Waals surface area contributed by atoms with Crippen LogP contribution in [0.1, 0.15) is 12.0 Å². The summed E-state index contributed by atoms with van der Waals surface area (Å²) in [5.41, 5.74) is 5.91. The number of nitrogens with zero attached hydrogens (tertiary/aromatic N) is 2. The Balaban J connectivity index is 0.00000180. The van der Waals surface area contributed by atoms with Crippen LogP contribution in [0.3, 0.4) is 0 Å². The van der Waals surface area contributed by atoms with Crippen LogP contribution in [0.5, 0.6) is 0 Å². The molecule has 0 bridgehead atoms. The molecule has 1 heterocycles. The van der Waals surface area contributed by atoms with Crippen molar-refractivity contribution in [2.75, 3.05) is 19.6 Å². The number of hydrogen-bond donors (Lipinski definition) is 1. The van der Waals surface area contributed by atoms with Crippen molar-refractivity contribution in [2.45, 2.75) is 11.3 Å². The standard InChI is InChI=1S/C12H15N3O2S.ClH/c13-7-10-2-1-3-12(6-10)18(16,17)15-5-4-11(8-14)9-15;/h1-3,6,11H,4-5,8-9,14H2;1H. The van der Waals surface area contributed by atoms with Crippen LogP contribution in [0.25, 0.3) is 0 Å². The van der Waals surface area contributed by atoms with Crippen molar-refractivity contribution in [2.24, 2.45) is 11.7 Å². The van der Waals surface area contributed by atoms with Gasteiger partial charge in [-0.3, -0.25) is 0 Å². The summed E-state index contributed by atoms with van der Waals surface area (Å²) in [7, 11) is -3.49. The third kappa shape index (κ3) is 3.25. The van der Waals surface area contributed by atoms with Gasteiger partial charge >= 0.3 is 0 Å². The van der Waals surface area contributed by atoms with Gasteiger partial charge in [-0.05, 0) is 37.1 Å². The smallest absolute Gasteiger partial charge is 0.243 e. The van der Waals surface area contributed by atoms with Crippen molar-refractivity contribution in [3.63, 3.8) is 0 Å². The molecule has 0 spiro atoms. The van der Waals surface area contributed by atoms with Gasteiger partial charge in [-0.2, -0.15) is 9.57 Å². The maximum absolute atomic E-state index is 12.3. The molecule has 0 saturated carbocycles.